The quantitative estimate of drug-likeness (QED) is 0.776. The molecule has 0 saturated heterocycles. The maximum absolute atomic E-state index is 13.2. The van der Waals surface area contributed by atoms with Gasteiger partial charge in [0.15, 0.2) is 0 Å². The van der Waals surface area contributed by atoms with Crippen molar-refractivity contribution < 1.29 is 9.53 Å². The lowest BCUT2D eigenvalue weighted by Gasteiger charge is -2.25. The highest BCUT2D eigenvalue weighted by Gasteiger charge is 2.44. The molecule has 1 aliphatic rings. The summed E-state index contributed by atoms with van der Waals surface area (Å²) in [5.74, 6) is -2.03. The van der Waals surface area contributed by atoms with Crippen LogP contribution in [0, 0.1) is 34.5 Å². The first kappa shape index (κ1) is 19.1. The molecular weight excluding hydrogens is 352 g/mol. The van der Waals surface area contributed by atoms with E-state index in [1.54, 1.807) is 19.1 Å². The largest absolute Gasteiger partial charge is 0.496 e. The van der Waals surface area contributed by atoms with E-state index >= 15 is 0 Å². The van der Waals surface area contributed by atoms with Gasteiger partial charge < -0.3 is 4.74 Å². The average Bonchev–Trinajstić information content (AvgIpc) is 3.00. The van der Waals surface area contributed by atoms with E-state index in [9.17, 15) is 15.3 Å². The van der Waals surface area contributed by atoms with Crippen LogP contribution in [0.1, 0.15) is 24.0 Å². The Hall–Kier alpha value is -3.64. The molecule has 0 N–H and O–H groups in total. The number of rotatable bonds is 6. The van der Waals surface area contributed by atoms with Gasteiger partial charge in [-0.3, -0.25) is 4.79 Å². The number of amides is 1. The summed E-state index contributed by atoms with van der Waals surface area (Å²) in [4.78, 5) is 13.2. The molecule has 0 bridgehead atoms. The fraction of sp³-hybridized carbons (Fsp3) is 0.273. The minimum absolute atomic E-state index is 0.215. The van der Waals surface area contributed by atoms with Crippen LogP contribution >= 0.6 is 0 Å². The number of hydrazone groups is 1. The highest BCUT2D eigenvalue weighted by molar-refractivity contribution is 6.07. The number of carbonyl (C=O) groups is 1. The third kappa shape index (κ3) is 3.58. The normalized spacial score (nSPS) is 17.0. The second kappa shape index (κ2) is 8.37. The molecule has 0 radical (unpaired) electrons. The molecule has 0 saturated carbocycles. The van der Waals surface area contributed by atoms with E-state index in [2.05, 4.69) is 5.10 Å². The number of ether oxygens (including phenoxy) is 1. The first-order valence-electron chi connectivity index (χ1n) is 8.93. The minimum atomic E-state index is -1.01. The molecule has 2 aromatic rings. The summed E-state index contributed by atoms with van der Waals surface area (Å²) in [6.07, 6.45) is 0. The number of para-hydroxylation sites is 1. The number of nitrogens with zero attached hydrogens (tertiary/aromatic N) is 4. The zero-order valence-electron chi connectivity index (χ0n) is 15.7. The number of hydrogen-bond donors (Lipinski definition) is 0. The molecule has 0 aromatic heterocycles. The Bertz CT molecular complexity index is 958. The van der Waals surface area contributed by atoms with Crippen molar-refractivity contribution >= 4 is 11.6 Å². The van der Waals surface area contributed by atoms with Gasteiger partial charge >= 0.3 is 0 Å². The predicted octanol–water partition coefficient (Wildman–Crippen LogP) is 3.48. The van der Waals surface area contributed by atoms with Gasteiger partial charge in [-0.15, -0.1) is 0 Å². The minimum Gasteiger partial charge on any atom is -0.496 e. The Balaban J connectivity index is 1.99. The summed E-state index contributed by atoms with van der Waals surface area (Å²) in [7, 11) is 1.53. The highest BCUT2D eigenvalue weighted by atomic mass is 16.5. The Morgan fingerprint density at radius 3 is 2.39 bits per heavy atom. The van der Waals surface area contributed by atoms with E-state index in [4.69, 9.17) is 4.74 Å². The number of hydrogen-bond acceptors (Lipinski definition) is 5. The zero-order chi connectivity index (χ0) is 20.1. The third-order valence-electron chi connectivity index (χ3n) is 4.92. The second-order valence-corrected chi connectivity index (χ2v) is 6.60. The van der Waals surface area contributed by atoms with Gasteiger partial charge in [-0.2, -0.15) is 15.6 Å². The smallest absolute Gasteiger partial charge is 0.252 e. The molecule has 2 atom stereocenters. The van der Waals surface area contributed by atoms with Crippen LogP contribution in [0.25, 0.3) is 0 Å². The van der Waals surface area contributed by atoms with Crippen molar-refractivity contribution in [1.82, 2.24) is 5.01 Å². The molecule has 1 amide bonds. The molecular formula is C22H20N4O2. The maximum Gasteiger partial charge on any atom is 0.252 e. The van der Waals surface area contributed by atoms with Gasteiger partial charge in [0.2, 0.25) is 0 Å². The summed E-state index contributed by atoms with van der Waals surface area (Å²) < 4.78 is 5.43. The van der Waals surface area contributed by atoms with Gasteiger partial charge in [-0.1, -0.05) is 48.5 Å². The van der Waals surface area contributed by atoms with Gasteiger partial charge in [0.1, 0.15) is 11.7 Å². The van der Waals surface area contributed by atoms with Crippen molar-refractivity contribution in [3.8, 4) is 17.9 Å². The fourth-order valence-corrected chi connectivity index (χ4v) is 3.61. The standard InChI is InChI=1S/C22H20N4O2/c1-15-20(22(27)26(25-15)14-16-8-4-3-5-9-16)21(17(12-23)13-24)18-10-6-7-11-19(18)28-2/h3-11,17,20-21H,14H2,1-2H3. The second-order valence-electron chi connectivity index (χ2n) is 6.60. The average molecular weight is 372 g/mol. The third-order valence-corrected chi connectivity index (χ3v) is 4.92. The lowest BCUT2D eigenvalue weighted by molar-refractivity contribution is -0.133. The summed E-state index contributed by atoms with van der Waals surface area (Å²) in [6.45, 7) is 2.11. The lowest BCUT2D eigenvalue weighted by Crippen LogP contribution is -2.34. The van der Waals surface area contributed by atoms with Crippen LogP contribution in [0.3, 0.4) is 0 Å². The molecule has 28 heavy (non-hydrogen) atoms. The van der Waals surface area contributed by atoms with E-state index in [1.165, 1.54) is 12.1 Å². The van der Waals surface area contributed by atoms with Crippen LogP contribution in [-0.4, -0.2) is 23.7 Å². The number of benzene rings is 2. The Labute approximate surface area is 164 Å². The van der Waals surface area contributed by atoms with Crippen LogP contribution in [-0.2, 0) is 11.3 Å². The predicted molar refractivity (Wildman–Crippen MR) is 104 cm³/mol. The summed E-state index contributed by atoms with van der Waals surface area (Å²) in [5, 5.41) is 25.0. The molecule has 1 aliphatic heterocycles. The Kier molecular flexibility index (Phi) is 5.72. The van der Waals surface area contributed by atoms with Crippen molar-refractivity contribution in [3.05, 3.63) is 65.7 Å². The van der Waals surface area contributed by atoms with Crippen LogP contribution in [0.4, 0.5) is 0 Å². The molecule has 0 fully saturated rings. The van der Waals surface area contributed by atoms with Crippen molar-refractivity contribution in [2.45, 2.75) is 19.4 Å². The van der Waals surface area contributed by atoms with E-state index in [-0.39, 0.29) is 5.91 Å². The van der Waals surface area contributed by atoms with E-state index in [1.807, 2.05) is 54.6 Å². The van der Waals surface area contributed by atoms with Gasteiger partial charge in [-0.05, 0) is 18.6 Å². The summed E-state index contributed by atoms with van der Waals surface area (Å²) in [5.41, 5.74) is 2.21. The summed E-state index contributed by atoms with van der Waals surface area (Å²) >= 11 is 0. The van der Waals surface area contributed by atoms with Crippen LogP contribution in [0.2, 0.25) is 0 Å². The number of methoxy groups -OCH3 is 1. The van der Waals surface area contributed by atoms with Crippen LogP contribution in [0.15, 0.2) is 59.7 Å². The molecule has 6 nitrogen and oxygen atoms in total. The molecule has 3 rings (SSSR count). The number of nitriles is 2. The molecule has 6 heteroatoms. The topological polar surface area (TPSA) is 89.5 Å². The van der Waals surface area contributed by atoms with Crippen molar-refractivity contribution in [1.29, 1.82) is 10.5 Å². The van der Waals surface area contributed by atoms with Crippen molar-refractivity contribution in [2.24, 2.45) is 16.9 Å². The van der Waals surface area contributed by atoms with E-state index in [0.717, 1.165) is 5.56 Å². The van der Waals surface area contributed by atoms with Crippen molar-refractivity contribution in [3.63, 3.8) is 0 Å². The van der Waals surface area contributed by atoms with E-state index in [0.29, 0.717) is 23.6 Å². The number of carbonyl (C=O) groups excluding carboxylic acids is 1. The van der Waals surface area contributed by atoms with Gasteiger partial charge in [0, 0.05) is 17.2 Å². The highest BCUT2D eigenvalue weighted by Crippen LogP contribution is 2.41. The molecule has 0 spiro atoms. The van der Waals surface area contributed by atoms with Crippen LogP contribution < -0.4 is 4.74 Å². The molecule has 0 aliphatic carbocycles. The molecule has 2 unspecified atom stereocenters. The zero-order valence-corrected chi connectivity index (χ0v) is 15.7. The summed E-state index contributed by atoms with van der Waals surface area (Å²) in [6, 6.07) is 20.8. The molecule has 2 aromatic carbocycles. The van der Waals surface area contributed by atoms with Crippen molar-refractivity contribution in [2.75, 3.05) is 7.11 Å². The first-order chi connectivity index (χ1) is 13.6. The van der Waals surface area contributed by atoms with Gasteiger partial charge in [-0.25, -0.2) is 5.01 Å². The molecule has 1 heterocycles. The molecule has 140 valence electrons. The Morgan fingerprint density at radius 2 is 1.75 bits per heavy atom. The monoisotopic (exact) mass is 372 g/mol. The Morgan fingerprint density at radius 1 is 1.11 bits per heavy atom. The van der Waals surface area contributed by atoms with Gasteiger partial charge in [0.25, 0.3) is 5.91 Å². The van der Waals surface area contributed by atoms with E-state index < -0.39 is 17.8 Å². The lowest BCUT2D eigenvalue weighted by atomic mass is 9.75. The van der Waals surface area contributed by atoms with Crippen LogP contribution in [0.5, 0.6) is 5.75 Å². The first-order valence-corrected chi connectivity index (χ1v) is 8.93. The fourth-order valence-electron chi connectivity index (χ4n) is 3.61. The maximum atomic E-state index is 13.2. The SMILES string of the molecule is COc1ccccc1C(C(C#N)C#N)C1C(=O)N(Cc2ccccc2)N=C1C. The van der Waals surface area contributed by atoms with Gasteiger partial charge in [0.05, 0.1) is 31.7 Å².